The first-order valence-electron chi connectivity index (χ1n) is 8.12. The molecule has 0 saturated carbocycles. The molecule has 4 rings (SSSR count). The maximum atomic E-state index is 13.0. The first-order valence-corrected chi connectivity index (χ1v) is 8.12. The van der Waals surface area contributed by atoms with Crippen LogP contribution in [0.4, 0.5) is 14.5 Å². The molecule has 0 unspecified atom stereocenters. The minimum absolute atomic E-state index is 0.0624. The van der Waals surface area contributed by atoms with Crippen molar-refractivity contribution in [3.05, 3.63) is 54.0 Å². The molecule has 3 heterocycles. The number of carbonyl (C=O) groups excluding carboxylic acids is 2. The van der Waals surface area contributed by atoms with Gasteiger partial charge in [0.1, 0.15) is 5.65 Å². The quantitative estimate of drug-likeness (QED) is 0.690. The Bertz CT molecular complexity index is 1100. The molecule has 0 saturated heterocycles. The van der Waals surface area contributed by atoms with Crippen LogP contribution in [-0.2, 0) is 9.53 Å². The number of hydrogen-bond donors (Lipinski definition) is 1. The number of aryl methyl sites for hydroxylation is 1. The van der Waals surface area contributed by atoms with Crippen LogP contribution in [0.3, 0.4) is 0 Å². The molecule has 0 spiro atoms. The van der Waals surface area contributed by atoms with E-state index in [1.54, 1.807) is 10.5 Å². The Morgan fingerprint density at radius 1 is 1.21 bits per heavy atom. The summed E-state index contributed by atoms with van der Waals surface area (Å²) in [6, 6.07) is 9.17. The van der Waals surface area contributed by atoms with E-state index in [1.807, 2.05) is 19.1 Å². The Hall–Kier alpha value is -3.69. The van der Waals surface area contributed by atoms with Crippen LogP contribution in [0.15, 0.2) is 42.6 Å². The molecular formula is C18H13F2N3O5. The lowest BCUT2D eigenvalue weighted by atomic mass is 10.3. The molecule has 8 nitrogen and oxygen atoms in total. The number of alkyl halides is 2. The number of imidazole rings is 1. The predicted molar refractivity (Wildman–Crippen MR) is 91.5 cm³/mol. The second-order valence-corrected chi connectivity index (χ2v) is 5.97. The van der Waals surface area contributed by atoms with Crippen LogP contribution in [0.5, 0.6) is 11.5 Å². The van der Waals surface area contributed by atoms with E-state index in [9.17, 15) is 18.4 Å². The summed E-state index contributed by atoms with van der Waals surface area (Å²) in [6.07, 6.45) is -2.23. The smallest absolute Gasteiger partial charge is 0.451 e. The minimum atomic E-state index is -3.74. The van der Waals surface area contributed by atoms with Crippen molar-refractivity contribution in [3.8, 4) is 11.5 Å². The summed E-state index contributed by atoms with van der Waals surface area (Å²) in [4.78, 5) is 28.2. The molecule has 1 aromatic carbocycles. The maximum absolute atomic E-state index is 13.0. The van der Waals surface area contributed by atoms with E-state index in [1.165, 1.54) is 24.4 Å². The van der Waals surface area contributed by atoms with Crippen LogP contribution >= 0.6 is 0 Å². The normalized spacial score (nSPS) is 14.1. The number of nitrogens with zero attached hydrogens (tertiary/aromatic N) is 2. The van der Waals surface area contributed by atoms with Crippen molar-refractivity contribution in [2.24, 2.45) is 0 Å². The second-order valence-electron chi connectivity index (χ2n) is 5.97. The number of nitrogens with one attached hydrogen (secondary N) is 1. The van der Waals surface area contributed by atoms with E-state index < -0.39 is 24.8 Å². The fraction of sp³-hybridized carbons (Fsp3) is 0.167. The standard InChI is InChI=1S/C18H13F2N3O5/c1-10-3-2-4-15-22-12(8-23(10)15)17(25)26-9-16(24)21-11-5-6-13-14(7-11)28-18(19,20)27-13/h2-8H,9H2,1H3,(H,21,24). The first kappa shape index (κ1) is 17.7. The summed E-state index contributed by atoms with van der Waals surface area (Å²) in [6.45, 7) is 1.29. The van der Waals surface area contributed by atoms with E-state index in [0.717, 1.165) is 5.69 Å². The van der Waals surface area contributed by atoms with Gasteiger partial charge in [-0.05, 0) is 31.2 Å². The number of esters is 1. The zero-order valence-electron chi connectivity index (χ0n) is 14.4. The van der Waals surface area contributed by atoms with Gasteiger partial charge in [0.05, 0.1) is 0 Å². The molecule has 0 fully saturated rings. The van der Waals surface area contributed by atoms with Gasteiger partial charge in [0.25, 0.3) is 5.91 Å². The van der Waals surface area contributed by atoms with Crippen LogP contribution in [0, 0.1) is 6.92 Å². The molecule has 1 N–H and O–H groups in total. The third-order valence-corrected chi connectivity index (χ3v) is 3.92. The molecule has 2 aromatic heterocycles. The number of pyridine rings is 1. The number of hydrogen-bond acceptors (Lipinski definition) is 6. The monoisotopic (exact) mass is 389 g/mol. The van der Waals surface area contributed by atoms with Crippen LogP contribution in [0.2, 0.25) is 0 Å². The maximum Gasteiger partial charge on any atom is 0.586 e. The topological polar surface area (TPSA) is 91.2 Å². The molecule has 0 atom stereocenters. The number of anilines is 1. The summed E-state index contributed by atoms with van der Waals surface area (Å²) in [5, 5.41) is 2.42. The highest BCUT2D eigenvalue weighted by atomic mass is 19.3. The van der Waals surface area contributed by atoms with Crippen molar-refractivity contribution in [2.75, 3.05) is 11.9 Å². The SMILES string of the molecule is Cc1cccc2nc(C(=O)OCC(=O)Nc3ccc4c(c3)OC(F)(F)O4)cn12. The summed E-state index contributed by atoms with van der Waals surface area (Å²) in [5.74, 6) is -1.76. The van der Waals surface area contributed by atoms with E-state index in [2.05, 4.69) is 19.8 Å². The average Bonchev–Trinajstić information content (AvgIpc) is 3.19. The number of ether oxygens (including phenoxy) is 3. The number of fused-ring (bicyclic) bond motifs is 2. The summed E-state index contributed by atoms with van der Waals surface area (Å²) in [5.41, 5.74) is 1.71. The Kier molecular flexibility index (Phi) is 4.10. The Morgan fingerprint density at radius 2 is 2.00 bits per heavy atom. The van der Waals surface area contributed by atoms with E-state index in [0.29, 0.717) is 5.65 Å². The van der Waals surface area contributed by atoms with Gasteiger partial charge in [-0.25, -0.2) is 9.78 Å². The highest BCUT2D eigenvalue weighted by Crippen LogP contribution is 2.42. The Morgan fingerprint density at radius 3 is 2.79 bits per heavy atom. The molecule has 1 aliphatic heterocycles. The molecule has 0 bridgehead atoms. The molecular weight excluding hydrogens is 376 g/mol. The molecule has 28 heavy (non-hydrogen) atoms. The first-order chi connectivity index (χ1) is 13.3. The third kappa shape index (κ3) is 3.43. The molecule has 1 aliphatic rings. The van der Waals surface area contributed by atoms with Gasteiger partial charge in [0, 0.05) is 23.6 Å². The van der Waals surface area contributed by atoms with Gasteiger partial charge in [0.2, 0.25) is 0 Å². The van der Waals surface area contributed by atoms with Crippen LogP contribution in [0.1, 0.15) is 16.2 Å². The van der Waals surface area contributed by atoms with E-state index in [-0.39, 0.29) is 22.9 Å². The van der Waals surface area contributed by atoms with Crippen LogP contribution < -0.4 is 14.8 Å². The van der Waals surface area contributed by atoms with Crippen molar-refractivity contribution in [2.45, 2.75) is 13.2 Å². The average molecular weight is 389 g/mol. The summed E-state index contributed by atoms with van der Waals surface area (Å²) < 4.78 is 41.3. The number of rotatable bonds is 4. The number of halogens is 2. The van der Waals surface area contributed by atoms with Crippen molar-refractivity contribution in [1.29, 1.82) is 0 Å². The second kappa shape index (κ2) is 6.48. The zero-order valence-corrected chi connectivity index (χ0v) is 14.4. The molecule has 0 aliphatic carbocycles. The zero-order chi connectivity index (χ0) is 19.9. The van der Waals surface area contributed by atoms with Crippen LogP contribution in [-0.4, -0.2) is 34.2 Å². The van der Waals surface area contributed by atoms with Crippen molar-refractivity contribution < 1.29 is 32.6 Å². The van der Waals surface area contributed by atoms with E-state index >= 15 is 0 Å². The third-order valence-electron chi connectivity index (χ3n) is 3.92. The highest BCUT2D eigenvalue weighted by Gasteiger charge is 2.43. The molecule has 3 aromatic rings. The van der Waals surface area contributed by atoms with Gasteiger partial charge in [-0.3, -0.25) is 4.79 Å². The minimum Gasteiger partial charge on any atom is -0.451 e. The predicted octanol–water partition coefficient (Wildman–Crippen LogP) is 2.76. The number of aromatic nitrogens is 2. The fourth-order valence-electron chi connectivity index (χ4n) is 2.68. The van der Waals surface area contributed by atoms with Crippen LogP contribution in [0.25, 0.3) is 5.65 Å². The molecule has 144 valence electrons. The van der Waals surface area contributed by atoms with Gasteiger partial charge in [-0.2, -0.15) is 0 Å². The number of benzene rings is 1. The summed E-state index contributed by atoms with van der Waals surface area (Å²) >= 11 is 0. The molecule has 0 radical (unpaired) electrons. The van der Waals surface area contributed by atoms with Crippen molar-refractivity contribution >= 4 is 23.2 Å². The van der Waals surface area contributed by atoms with Crippen molar-refractivity contribution in [3.63, 3.8) is 0 Å². The van der Waals surface area contributed by atoms with Gasteiger partial charge in [0.15, 0.2) is 23.8 Å². The Balaban J connectivity index is 1.37. The van der Waals surface area contributed by atoms with Crippen molar-refractivity contribution in [1.82, 2.24) is 9.38 Å². The fourth-order valence-corrected chi connectivity index (χ4v) is 2.68. The van der Waals surface area contributed by atoms with Gasteiger partial charge < -0.3 is 23.9 Å². The highest BCUT2D eigenvalue weighted by molar-refractivity contribution is 5.95. The lowest BCUT2D eigenvalue weighted by Gasteiger charge is -2.06. The Labute approximate surface area is 156 Å². The number of carbonyl (C=O) groups is 2. The van der Waals surface area contributed by atoms with Gasteiger partial charge >= 0.3 is 12.3 Å². The van der Waals surface area contributed by atoms with Gasteiger partial charge in [-0.15, -0.1) is 8.78 Å². The molecule has 10 heteroatoms. The lowest BCUT2D eigenvalue weighted by molar-refractivity contribution is -0.286. The molecule has 1 amide bonds. The van der Waals surface area contributed by atoms with Gasteiger partial charge in [-0.1, -0.05) is 6.07 Å². The lowest BCUT2D eigenvalue weighted by Crippen LogP contribution is -2.25. The van der Waals surface area contributed by atoms with E-state index in [4.69, 9.17) is 4.74 Å². The largest absolute Gasteiger partial charge is 0.586 e. The summed E-state index contributed by atoms with van der Waals surface area (Å²) in [7, 11) is 0. The number of amides is 1.